The van der Waals surface area contributed by atoms with E-state index in [4.69, 9.17) is 23.7 Å². The number of hydrogen-bond donors (Lipinski definition) is 0. The van der Waals surface area contributed by atoms with Crippen LogP contribution in [-0.2, 0) is 23.7 Å². The molecule has 0 aliphatic carbocycles. The maximum absolute atomic E-state index is 5.48. The second-order valence-electron chi connectivity index (χ2n) is 4.37. The Bertz CT molecular complexity index is 177. The first-order valence-electron chi connectivity index (χ1n) is 7.97. The van der Waals surface area contributed by atoms with Crippen LogP contribution in [0.2, 0.25) is 0 Å². The molecule has 6 nitrogen and oxygen atoms in total. The molecule has 0 aromatic rings. The van der Waals surface area contributed by atoms with Crippen LogP contribution in [0.1, 0.15) is 13.8 Å². The summed E-state index contributed by atoms with van der Waals surface area (Å²) in [5, 5.41) is 0. The Labute approximate surface area is 129 Å². The Morgan fingerprint density at radius 2 is 0.714 bits per heavy atom. The van der Waals surface area contributed by atoms with E-state index in [0.717, 1.165) is 26.3 Å². The average molecular weight is 307 g/mol. The zero-order valence-electron chi connectivity index (χ0n) is 14.0. The van der Waals surface area contributed by atoms with Gasteiger partial charge in [0.2, 0.25) is 0 Å². The third-order valence-corrected chi connectivity index (χ3v) is 2.72. The van der Waals surface area contributed by atoms with Gasteiger partial charge in [0.05, 0.1) is 66.1 Å². The molecule has 0 bridgehead atoms. The predicted octanol–water partition coefficient (Wildman–Crippen LogP) is 1.04. The van der Waals surface area contributed by atoms with Gasteiger partial charge < -0.3 is 28.6 Å². The first-order valence-corrected chi connectivity index (χ1v) is 7.97. The van der Waals surface area contributed by atoms with Crippen molar-refractivity contribution in [1.82, 2.24) is 4.90 Å². The number of likely N-dealkylation sites (N-methyl/N-ethyl adjacent to an activating group) is 1. The van der Waals surface area contributed by atoms with E-state index in [1.807, 2.05) is 13.8 Å². The Kier molecular flexibility index (Phi) is 17.6. The lowest BCUT2D eigenvalue weighted by molar-refractivity contribution is -0.0172. The summed E-state index contributed by atoms with van der Waals surface area (Å²) in [4.78, 5) is 2.19. The molecule has 1 aliphatic rings. The SMILES string of the molecule is CC.CN1CCOCCOCCOCCOCCOCC1. The van der Waals surface area contributed by atoms with Crippen molar-refractivity contribution in [3.63, 3.8) is 0 Å². The second-order valence-corrected chi connectivity index (χ2v) is 4.37. The van der Waals surface area contributed by atoms with Gasteiger partial charge in [0, 0.05) is 13.1 Å². The van der Waals surface area contributed by atoms with E-state index in [9.17, 15) is 0 Å². The molecule has 0 radical (unpaired) electrons. The van der Waals surface area contributed by atoms with Gasteiger partial charge in [0.1, 0.15) is 0 Å². The summed E-state index contributed by atoms with van der Waals surface area (Å²) in [7, 11) is 2.06. The van der Waals surface area contributed by atoms with Crippen LogP contribution in [0, 0.1) is 0 Å². The van der Waals surface area contributed by atoms with Crippen molar-refractivity contribution in [3.8, 4) is 0 Å². The predicted molar refractivity (Wildman–Crippen MR) is 82.9 cm³/mol. The fraction of sp³-hybridized carbons (Fsp3) is 1.00. The Balaban J connectivity index is 0.00000191. The van der Waals surface area contributed by atoms with Crippen LogP contribution in [0.3, 0.4) is 0 Å². The van der Waals surface area contributed by atoms with Gasteiger partial charge >= 0.3 is 0 Å². The van der Waals surface area contributed by atoms with Crippen LogP contribution in [0.5, 0.6) is 0 Å². The summed E-state index contributed by atoms with van der Waals surface area (Å²) in [5.41, 5.74) is 0. The number of ether oxygens (including phenoxy) is 5. The van der Waals surface area contributed by atoms with Crippen molar-refractivity contribution in [3.05, 3.63) is 0 Å². The highest BCUT2D eigenvalue weighted by Gasteiger charge is 1.99. The maximum atomic E-state index is 5.48. The van der Waals surface area contributed by atoms with Gasteiger partial charge in [0.25, 0.3) is 0 Å². The summed E-state index contributed by atoms with van der Waals surface area (Å²) >= 11 is 0. The molecule has 6 heteroatoms. The van der Waals surface area contributed by atoms with Crippen LogP contribution in [0.15, 0.2) is 0 Å². The average Bonchev–Trinajstić information content (AvgIpc) is 2.51. The minimum Gasteiger partial charge on any atom is -0.378 e. The molecule has 0 aromatic carbocycles. The highest BCUT2D eigenvalue weighted by Crippen LogP contribution is 1.88. The third kappa shape index (κ3) is 16.0. The van der Waals surface area contributed by atoms with Gasteiger partial charge in [-0.25, -0.2) is 0 Å². The minimum absolute atomic E-state index is 0.600. The largest absolute Gasteiger partial charge is 0.378 e. The fourth-order valence-corrected chi connectivity index (χ4v) is 1.53. The molecule has 0 saturated carbocycles. The second kappa shape index (κ2) is 17.8. The molecule has 0 spiro atoms. The highest BCUT2D eigenvalue weighted by atomic mass is 16.6. The number of nitrogens with zero attached hydrogens (tertiary/aromatic N) is 1. The summed E-state index contributed by atoms with van der Waals surface area (Å²) in [6.45, 7) is 12.2. The van der Waals surface area contributed by atoms with E-state index in [0.29, 0.717) is 52.9 Å². The van der Waals surface area contributed by atoms with Crippen molar-refractivity contribution in [2.45, 2.75) is 13.8 Å². The molecule has 128 valence electrons. The topological polar surface area (TPSA) is 49.4 Å². The number of hydrogen-bond acceptors (Lipinski definition) is 6. The molecule has 0 unspecified atom stereocenters. The zero-order chi connectivity index (χ0) is 15.6. The molecule has 0 atom stereocenters. The van der Waals surface area contributed by atoms with Gasteiger partial charge in [-0.2, -0.15) is 0 Å². The zero-order valence-corrected chi connectivity index (χ0v) is 14.0. The van der Waals surface area contributed by atoms with Crippen molar-refractivity contribution < 1.29 is 23.7 Å². The van der Waals surface area contributed by atoms with E-state index in [1.165, 1.54) is 0 Å². The first-order chi connectivity index (χ1) is 10.4. The normalized spacial score (nSPS) is 22.4. The lowest BCUT2D eigenvalue weighted by Gasteiger charge is -2.17. The van der Waals surface area contributed by atoms with Gasteiger partial charge in [-0.1, -0.05) is 13.8 Å². The third-order valence-electron chi connectivity index (χ3n) is 2.72. The van der Waals surface area contributed by atoms with E-state index in [2.05, 4.69) is 11.9 Å². The molecule has 1 aliphatic heterocycles. The monoisotopic (exact) mass is 307 g/mol. The lowest BCUT2D eigenvalue weighted by Crippen LogP contribution is -2.28. The Morgan fingerprint density at radius 3 is 1.00 bits per heavy atom. The molecule has 1 heterocycles. The van der Waals surface area contributed by atoms with Crippen LogP contribution in [0.25, 0.3) is 0 Å². The minimum atomic E-state index is 0.600. The van der Waals surface area contributed by atoms with Gasteiger partial charge in [0.15, 0.2) is 0 Å². The summed E-state index contributed by atoms with van der Waals surface area (Å²) in [6, 6.07) is 0. The molecular weight excluding hydrogens is 274 g/mol. The van der Waals surface area contributed by atoms with Crippen molar-refractivity contribution in [2.75, 3.05) is 86.2 Å². The van der Waals surface area contributed by atoms with Crippen molar-refractivity contribution in [1.29, 1.82) is 0 Å². The molecule has 0 aromatic heterocycles. The molecule has 1 fully saturated rings. The first kappa shape index (κ1) is 20.8. The molecule has 1 saturated heterocycles. The van der Waals surface area contributed by atoms with Gasteiger partial charge in [-0.05, 0) is 7.05 Å². The Hall–Kier alpha value is -0.240. The van der Waals surface area contributed by atoms with Crippen molar-refractivity contribution >= 4 is 0 Å². The Morgan fingerprint density at radius 1 is 0.476 bits per heavy atom. The quantitative estimate of drug-likeness (QED) is 0.666. The van der Waals surface area contributed by atoms with Gasteiger partial charge in [-0.3, -0.25) is 0 Å². The summed E-state index contributed by atoms with van der Waals surface area (Å²) in [6.07, 6.45) is 0. The van der Waals surface area contributed by atoms with E-state index >= 15 is 0 Å². The van der Waals surface area contributed by atoms with Crippen LogP contribution in [-0.4, -0.2) is 91.1 Å². The standard InChI is InChI=1S/C13H27NO5.C2H6/c1-14-2-4-15-6-8-17-10-12-19-13-11-18-9-7-16-5-3-14;1-2/h2-13H2,1H3;1-2H3. The summed E-state index contributed by atoms with van der Waals surface area (Å²) in [5.74, 6) is 0. The van der Waals surface area contributed by atoms with Crippen LogP contribution >= 0.6 is 0 Å². The number of rotatable bonds is 0. The van der Waals surface area contributed by atoms with Crippen molar-refractivity contribution in [2.24, 2.45) is 0 Å². The van der Waals surface area contributed by atoms with E-state index in [-0.39, 0.29) is 0 Å². The molecule has 1 rings (SSSR count). The molecule has 0 N–H and O–H groups in total. The lowest BCUT2D eigenvalue weighted by atomic mass is 10.5. The van der Waals surface area contributed by atoms with E-state index in [1.54, 1.807) is 0 Å². The smallest absolute Gasteiger partial charge is 0.0701 e. The highest BCUT2D eigenvalue weighted by molar-refractivity contribution is 4.49. The molecular formula is C15H33NO5. The fourth-order valence-electron chi connectivity index (χ4n) is 1.53. The van der Waals surface area contributed by atoms with Crippen LogP contribution < -0.4 is 0 Å². The summed E-state index contributed by atoms with van der Waals surface area (Å²) < 4.78 is 27.1. The molecule has 21 heavy (non-hydrogen) atoms. The van der Waals surface area contributed by atoms with E-state index < -0.39 is 0 Å². The van der Waals surface area contributed by atoms with Crippen LogP contribution in [0.4, 0.5) is 0 Å². The maximum Gasteiger partial charge on any atom is 0.0701 e. The molecule has 0 amide bonds. The van der Waals surface area contributed by atoms with Gasteiger partial charge in [-0.15, -0.1) is 0 Å².